The molecule has 0 aliphatic carbocycles. The Labute approximate surface area is 159 Å². The summed E-state index contributed by atoms with van der Waals surface area (Å²) < 4.78 is 1.95. The maximum atomic E-state index is 10.9. The fourth-order valence-electron chi connectivity index (χ4n) is 3.54. The Morgan fingerprint density at radius 2 is 1.35 bits per heavy atom. The second-order valence-electron chi connectivity index (χ2n) is 9.40. The Morgan fingerprint density at radius 3 is 1.65 bits per heavy atom. The van der Waals surface area contributed by atoms with Crippen LogP contribution in [0.3, 0.4) is 0 Å². The van der Waals surface area contributed by atoms with Gasteiger partial charge in [-0.15, -0.1) is 0 Å². The minimum Gasteiger partial charge on any atom is -0.504 e. The summed E-state index contributed by atoms with van der Waals surface area (Å²) in [5, 5.41) is 15.8. The number of nitrogens with zero attached hydrogens (tertiary/aromatic N) is 2. The molecule has 0 fully saturated rings. The molecule has 1 aromatic carbocycles. The van der Waals surface area contributed by atoms with Gasteiger partial charge in [-0.2, -0.15) is 5.10 Å². The van der Waals surface area contributed by atoms with Crippen LogP contribution in [0.25, 0.3) is 11.3 Å². The second-order valence-corrected chi connectivity index (χ2v) is 9.40. The van der Waals surface area contributed by atoms with E-state index < -0.39 is 0 Å². The summed E-state index contributed by atoms with van der Waals surface area (Å²) in [5.74, 6) is 1.50. The molecule has 2 aromatic rings. The van der Waals surface area contributed by atoms with Crippen molar-refractivity contribution in [3.8, 4) is 17.0 Å². The van der Waals surface area contributed by atoms with Crippen molar-refractivity contribution in [1.29, 1.82) is 0 Å². The topological polar surface area (TPSA) is 38.1 Å². The lowest BCUT2D eigenvalue weighted by atomic mass is 9.83. The Kier molecular flexibility index (Phi) is 5.60. The van der Waals surface area contributed by atoms with Crippen molar-refractivity contribution in [2.45, 2.75) is 92.5 Å². The smallest absolute Gasteiger partial charge is 0.164 e. The van der Waals surface area contributed by atoms with Crippen LogP contribution in [-0.2, 0) is 5.54 Å². The lowest BCUT2D eigenvalue weighted by Gasteiger charge is -2.23. The number of hydrogen-bond acceptors (Lipinski definition) is 2. The molecule has 0 saturated carbocycles. The highest BCUT2D eigenvalue weighted by Gasteiger charge is 2.27. The molecule has 0 aliphatic rings. The summed E-state index contributed by atoms with van der Waals surface area (Å²) in [4.78, 5) is 0. The molecule has 0 radical (unpaired) electrons. The minimum absolute atomic E-state index is 0.173. The Bertz CT molecular complexity index is 760. The molecule has 3 heteroatoms. The van der Waals surface area contributed by atoms with Crippen LogP contribution in [-0.4, -0.2) is 14.9 Å². The van der Waals surface area contributed by atoms with E-state index in [-0.39, 0.29) is 5.54 Å². The van der Waals surface area contributed by atoms with Crippen molar-refractivity contribution in [1.82, 2.24) is 9.78 Å². The maximum absolute atomic E-state index is 10.9. The van der Waals surface area contributed by atoms with E-state index in [9.17, 15) is 5.11 Å². The van der Waals surface area contributed by atoms with E-state index in [1.54, 1.807) is 0 Å². The van der Waals surface area contributed by atoms with E-state index in [4.69, 9.17) is 5.10 Å². The maximum Gasteiger partial charge on any atom is 0.164 e. The van der Waals surface area contributed by atoms with Gasteiger partial charge < -0.3 is 5.11 Å². The van der Waals surface area contributed by atoms with Crippen molar-refractivity contribution in [2.75, 3.05) is 0 Å². The quantitative estimate of drug-likeness (QED) is 0.662. The minimum atomic E-state index is -0.173. The first kappa shape index (κ1) is 20.5. The van der Waals surface area contributed by atoms with Crippen LogP contribution in [0.5, 0.6) is 5.75 Å². The monoisotopic (exact) mass is 356 g/mol. The zero-order valence-corrected chi connectivity index (χ0v) is 18.2. The zero-order valence-electron chi connectivity index (χ0n) is 18.2. The number of aromatic nitrogens is 2. The standard InChI is InChI=1S/C23H36N2O/c1-13(2)17-11-18(14(3)4)20(19(12-17)15(5)6)21-22(26)16(7)25(24-21)23(8,9)10/h11-15,26H,1-10H3. The third-order valence-electron chi connectivity index (χ3n) is 5.09. The summed E-state index contributed by atoms with van der Waals surface area (Å²) in [6.45, 7) is 21.6. The molecule has 3 nitrogen and oxygen atoms in total. The SMILES string of the molecule is Cc1c(O)c(-c2c(C(C)C)cc(C(C)C)cc2C(C)C)nn1C(C)(C)C. The predicted molar refractivity (Wildman–Crippen MR) is 111 cm³/mol. The van der Waals surface area contributed by atoms with E-state index in [0.717, 1.165) is 17.0 Å². The Balaban J connectivity index is 2.89. The van der Waals surface area contributed by atoms with E-state index in [2.05, 4.69) is 74.4 Å². The first-order valence-corrected chi connectivity index (χ1v) is 9.83. The van der Waals surface area contributed by atoms with Gasteiger partial charge in [-0.25, -0.2) is 0 Å². The highest BCUT2D eigenvalue weighted by molar-refractivity contribution is 5.75. The second kappa shape index (κ2) is 7.09. The van der Waals surface area contributed by atoms with E-state index in [0.29, 0.717) is 23.5 Å². The van der Waals surface area contributed by atoms with Crippen molar-refractivity contribution >= 4 is 0 Å². The lowest BCUT2D eigenvalue weighted by Crippen LogP contribution is -2.24. The normalized spacial score (nSPS) is 12.7. The van der Waals surface area contributed by atoms with Crippen LogP contribution in [0.15, 0.2) is 12.1 Å². The molecular formula is C23H36N2O. The van der Waals surface area contributed by atoms with Crippen molar-refractivity contribution < 1.29 is 5.11 Å². The highest BCUT2D eigenvalue weighted by atomic mass is 16.3. The zero-order chi connectivity index (χ0) is 20.0. The lowest BCUT2D eigenvalue weighted by molar-refractivity contribution is 0.345. The number of benzene rings is 1. The third-order valence-corrected chi connectivity index (χ3v) is 5.09. The summed E-state index contributed by atoms with van der Waals surface area (Å²) in [5.41, 5.74) is 6.39. The molecule has 0 bridgehead atoms. The van der Waals surface area contributed by atoms with Gasteiger partial charge >= 0.3 is 0 Å². The molecule has 0 aliphatic heterocycles. The average Bonchev–Trinajstić information content (AvgIpc) is 2.81. The molecule has 1 N–H and O–H groups in total. The first-order chi connectivity index (χ1) is 11.9. The fourth-order valence-corrected chi connectivity index (χ4v) is 3.54. The number of hydrogen-bond donors (Lipinski definition) is 1. The van der Waals surface area contributed by atoms with Crippen LogP contribution in [0.1, 0.15) is 102 Å². The molecule has 1 heterocycles. The van der Waals surface area contributed by atoms with Crippen molar-refractivity contribution in [3.63, 3.8) is 0 Å². The van der Waals surface area contributed by atoms with E-state index >= 15 is 0 Å². The van der Waals surface area contributed by atoms with Gasteiger partial charge in [0, 0.05) is 5.56 Å². The molecule has 0 saturated heterocycles. The van der Waals surface area contributed by atoms with Gasteiger partial charge in [-0.05, 0) is 62.1 Å². The van der Waals surface area contributed by atoms with Crippen LogP contribution >= 0.6 is 0 Å². The molecule has 0 spiro atoms. The first-order valence-electron chi connectivity index (χ1n) is 9.83. The third kappa shape index (κ3) is 3.67. The molecule has 26 heavy (non-hydrogen) atoms. The van der Waals surface area contributed by atoms with Gasteiger partial charge in [0.15, 0.2) is 5.75 Å². The van der Waals surface area contributed by atoms with Crippen LogP contribution < -0.4 is 0 Å². The highest BCUT2D eigenvalue weighted by Crippen LogP contribution is 2.43. The summed E-state index contributed by atoms with van der Waals surface area (Å²) in [7, 11) is 0. The predicted octanol–water partition coefficient (Wildman–Crippen LogP) is 6.69. The van der Waals surface area contributed by atoms with Gasteiger partial charge in [-0.1, -0.05) is 53.7 Å². The van der Waals surface area contributed by atoms with Gasteiger partial charge in [0.05, 0.1) is 11.2 Å². The largest absolute Gasteiger partial charge is 0.504 e. The van der Waals surface area contributed by atoms with Crippen LogP contribution in [0.4, 0.5) is 0 Å². The van der Waals surface area contributed by atoms with Crippen LogP contribution in [0.2, 0.25) is 0 Å². The van der Waals surface area contributed by atoms with Gasteiger partial charge in [0.1, 0.15) is 5.69 Å². The van der Waals surface area contributed by atoms with Crippen LogP contribution in [0, 0.1) is 6.92 Å². The van der Waals surface area contributed by atoms with E-state index in [1.807, 2.05) is 11.6 Å². The van der Waals surface area contributed by atoms with E-state index in [1.165, 1.54) is 16.7 Å². The molecular weight excluding hydrogens is 320 g/mol. The summed E-state index contributed by atoms with van der Waals surface area (Å²) in [6, 6.07) is 4.61. The number of rotatable bonds is 4. The van der Waals surface area contributed by atoms with Gasteiger partial charge in [0.2, 0.25) is 0 Å². The number of aromatic hydroxyl groups is 1. The summed E-state index contributed by atoms with van der Waals surface area (Å²) in [6.07, 6.45) is 0. The average molecular weight is 357 g/mol. The molecule has 0 atom stereocenters. The fraction of sp³-hybridized carbons (Fsp3) is 0.609. The molecule has 144 valence electrons. The molecule has 0 amide bonds. The summed E-state index contributed by atoms with van der Waals surface area (Å²) >= 11 is 0. The van der Waals surface area contributed by atoms with Crippen molar-refractivity contribution in [2.24, 2.45) is 0 Å². The van der Waals surface area contributed by atoms with Gasteiger partial charge in [-0.3, -0.25) is 4.68 Å². The Hall–Kier alpha value is -1.77. The Morgan fingerprint density at radius 1 is 0.885 bits per heavy atom. The molecule has 0 unspecified atom stereocenters. The van der Waals surface area contributed by atoms with Gasteiger partial charge in [0.25, 0.3) is 0 Å². The van der Waals surface area contributed by atoms with Crippen molar-refractivity contribution in [3.05, 3.63) is 34.5 Å². The molecule has 2 rings (SSSR count). The molecule has 1 aromatic heterocycles.